The van der Waals surface area contributed by atoms with Crippen molar-refractivity contribution in [3.05, 3.63) is 71.5 Å². The van der Waals surface area contributed by atoms with E-state index >= 15 is 0 Å². The zero-order valence-electron chi connectivity index (χ0n) is 15.5. The minimum atomic E-state index is -0.0967. The van der Waals surface area contributed by atoms with Crippen LogP contribution in [0.3, 0.4) is 0 Å². The van der Waals surface area contributed by atoms with Crippen LogP contribution in [-0.2, 0) is 6.54 Å². The molecule has 0 radical (unpaired) electrons. The van der Waals surface area contributed by atoms with Crippen molar-refractivity contribution in [2.24, 2.45) is 0 Å². The van der Waals surface area contributed by atoms with Gasteiger partial charge in [-0.3, -0.25) is 14.7 Å². The summed E-state index contributed by atoms with van der Waals surface area (Å²) in [6.45, 7) is 2.95. The fourth-order valence-electron chi connectivity index (χ4n) is 3.33. The molecule has 1 aliphatic rings. The number of aromatic nitrogens is 2. The van der Waals surface area contributed by atoms with E-state index in [1.807, 2.05) is 18.2 Å². The fraction of sp³-hybridized carbons (Fsp3) is 0.286. The number of pyridine rings is 1. The van der Waals surface area contributed by atoms with Crippen molar-refractivity contribution in [1.82, 2.24) is 20.2 Å². The molecule has 7 heteroatoms. The van der Waals surface area contributed by atoms with Crippen molar-refractivity contribution < 1.29 is 4.79 Å². The van der Waals surface area contributed by atoms with Gasteiger partial charge in [0.15, 0.2) is 5.13 Å². The third-order valence-corrected chi connectivity index (χ3v) is 5.60. The van der Waals surface area contributed by atoms with Gasteiger partial charge >= 0.3 is 0 Å². The van der Waals surface area contributed by atoms with Gasteiger partial charge in [-0.2, -0.15) is 0 Å². The molecular formula is C21H23N5OS. The lowest BCUT2D eigenvalue weighted by molar-refractivity contribution is 0.0904. The maximum atomic E-state index is 12.5. The van der Waals surface area contributed by atoms with Gasteiger partial charge in [0.2, 0.25) is 0 Å². The first-order chi connectivity index (χ1) is 13.8. The highest BCUT2D eigenvalue weighted by molar-refractivity contribution is 7.14. The molecule has 0 spiro atoms. The second-order valence-electron chi connectivity index (χ2n) is 6.91. The largest absolute Gasteiger partial charge is 0.348 e. The van der Waals surface area contributed by atoms with Gasteiger partial charge in [0.05, 0.1) is 0 Å². The Morgan fingerprint density at radius 1 is 1.11 bits per heavy atom. The van der Waals surface area contributed by atoms with Crippen molar-refractivity contribution in [1.29, 1.82) is 0 Å². The van der Waals surface area contributed by atoms with E-state index in [-0.39, 0.29) is 11.9 Å². The smallest absolute Gasteiger partial charge is 0.271 e. The third-order valence-electron chi connectivity index (χ3n) is 4.84. The van der Waals surface area contributed by atoms with E-state index in [2.05, 4.69) is 49.8 Å². The lowest BCUT2D eigenvalue weighted by Gasteiger charge is -2.32. The van der Waals surface area contributed by atoms with Crippen LogP contribution in [0, 0.1) is 0 Å². The Morgan fingerprint density at radius 3 is 2.61 bits per heavy atom. The molecule has 4 rings (SSSR count). The number of carbonyl (C=O) groups excluding carboxylic acids is 1. The number of rotatable bonds is 6. The first-order valence-corrected chi connectivity index (χ1v) is 10.3. The van der Waals surface area contributed by atoms with Crippen molar-refractivity contribution in [3.63, 3.8) is 0 Å². The first-order valence-electron chi connectivity index (χ1n) is 9.46. The van der Waals surface area contributed by atoms with E-state index in [1.165, 1.54) is 16.9 Å². The second kappa shape index (κ2) is 8.95. The molecule has 1 amide bonds. The Labute approximate surface area is 168 Å². The number of benzene rings is 1. The number of piperidine rings is 1. The SMILES string of the molecule is O=C(NC1CCN(Cc2ccccc2)CC1)c1csc(Nc2ccncc2)n1. The van der Waals surface area contributed by atoms with Crippen molar-refractivity contribution in [2.45, 2.75) is 25.4 Å². The second-order valence-corrected chi connectivity index (χ2v) is 7.77. The molecule has 1 fully saturated rings. The molecule has 1 aromatic carbocycles. The molecule has 6 nitrogen and oxygen atoms in total. The molecule has 0 aliphatic carbocycles. The van der Waals surface area contributed by atoms with Gasteiger partial charge in [-0.15, -0.1) is 11.3 Å². The van der Waals surface area contributed by atoms with Gasteiger partial charge in [-0.05, 0) is 30.5 Å². The normalized spacial score (nSPS) is 15.3. The van der Waals surface area contributed by atoms with Crippen LogP contribution in [0.5, 0.6) is 0 Å². The van der Waals surface area contributed by atoms with Crippen LogP contribution in [0.1, 0.15) is 28.9 Å². The van der Waals surface area contributed by atoms with E-state index in [9.17, 15) is 4.79 Å². The van der Waals surface area contributed by atoms with Crippen LogP contribution in [0.2, 0.25) is 0 Å². The Morgan fingerprint density at radius 2 is 1.86 bits per heavy atom. The number of likely N-dealkylation sites (tertiary alicyclic amines) is 1. The Balaban J connectivity index is 1.26. The van der Waals surface area contributed by atoms with Crippen LogP contribution < -0.4 is 10.6 Å². The molecular weight excluding hydrogens is 370 g/mol. The molecule has 2 aromatic heterocycles. The fourth-order valence-corrected chi connectivity index (χ4v) is 4.04. The van der Waals surface area contributed by atoms with Crippen LogP contribution in [0.25, 0.3) is 0 Å². The quantitative estimate of drug-likeness (QED) is 0.669. The summed E-state index contributed by atoms with van der Waals surface area (Å²) in [6, 6.07) is 14.5. The molecule has 0 unspecified atom stereocenters. The average molecular weight is 394 g/mol. The van der Waals surface area contributed by atoms with Gasteiger partial charge in [-0.1, -0.05) is 30.3 Å². The highest BCUT2D eigenvalue weighted by atomic mass is 32.1. The number of thiazole rings is 1. The van der Waals surface area contributed by atoms with Gasteiger partial charge < -0.3 is 10.6 Å². The number of nitrogens with one attached hydrogen (secondary N) is 2. The lowest BCUT2D eigenvalue weighted by atomic mass is 10.0. The van der Waals surface area contributed by atoms with Crippen molar-refractivity contribution in [3.8, 4) is 0 Å². The summed E-state index contributed by atoms with van der Waals surface area (Å²) in [5, 5.41) is 8.83. The topological polar surface area (TPSA) is 70.2 Å². The van der Waals surface area contributed by atoms with Gasteiger partial charge in [-0.25, -0.2) is 4.98 Å². The van der Waals surface area contributed by atoms with E-state index in [4.69, 9.17) is 0 Å². The molecule has 0 atom stereocenters. The van der Waals surface area contributed by atoms with Gasteiger partial charge in [0.1, 0.15) is 5.69 Å². The van der Waals surface area contributed by atoms with Gasteiger partial charge in [0.25, 0.3) is 5.91 Å². The highest BCUT2D eigenvalue weighted by Gasteiger charge is 2.22. The summed E-state index contributed by atoms with van der Waals surface area (Å²) in [5.74, 6) is -0.0967. The number of amides is 1. The number of anilines is 2. The summed E-state index contributed by atoms with van der Waals surface area (Å²) >= 11 is 1.42. The van der Waals surface area contributed by atoms with E-state index in [1.54, 1.807) is 17.8 Å². The molecule has 2 N–H and O–H groups in total. The van der Waals surface area contributed by atoms with Gasteiger partial charge in [0, 0.05) is 49.1 Å². The number of nitrogens with zero attached hydrogens (tertiary/aromatic N) is 3. The summed E-state index contributed by atoms with van der Waals surface area (Å²) in [7, 11) is 0. The van der Waals surface area contributed by atoms with E-state index < -0.39 is 0 Å². The molecule has 1 saturated heterocycles. The minimum absolute atomic E-state index is 0.0967. The predicted octanol–water partition coefficient (Wildman–Crippen LogP) is 3.68. The molecule has 0 bridgehead atoms. The summed E-state index contributed by atoms with van der Waals surface area (Å²) in [4.78, 5) is 23.4. The predicted molar refractivity (Wildman–Crippen MR) is 112 cm³/mol. The Bertz CT molecular complexity index is 891. The van der Waals surface area contributed by atoms with Crippen molar-refractivity contribution >= 4 is 28.1 Å². The maximum absolute atomic E-state index is 12.5. The molecule has 3 aromatic rings. The zero-order chi connectivity index (χ0) is 19.2. The van der Waals surface area contributed by atoms with Crippen molar-refractivity contribution in [2.75, 3.05) is 18.4 Å². The zero-order valence-corrected chi connectivity index (χ0v) is 16.4. The monoisotopic (exact) mass is 393 g/mol. The number of hydrogen-bond donors (Lipinski definition) is 2. The minimum Gasteiger partial charge on any atom is -0.348 e. The average Bonchev–Trinajstić information content (AvgIpc) is 3.20. The van der Waals surface area contributed by atoms with Crippen LogP contribution in [0.15, 0.2) is 60.2 Å². The summed E-state index contributed by atoms with van der Waals surface area (Å²) < 4.78 is 0. The molecule has 0 saturated carbocycles. The Kier molecular flexibility index (Phi) is 5.94. The first kappa shape index (κ1) is 18.6. The standard InChI is InChI=1S/C21H23N5OS/c27-20(19-15-28-21(25-19)24-17-6-10-22-11-7-17)23-18-8-12-26(13-9-18)14-16-4-2-1-3-5-16/h1-7,10-11,15,18H,8-9,12-14H2,(H,23,27)(H,22,24,25). The third kappa shape index (κ3) is 4.94. The number of hydrogen-bond acceptors (Lipinski definition) is 6. The van der Waals surface area contributed by atoms with E-state index in [0.29, 0.717) is 10.8 Å². The van der Waals surface area contributed by atoms with E-state index in [0.717, 1.165) is 38.2 Å². The summed E-state index contributed by atoms with van der Waals surface area (Å²) in [5.41, 5.74) is 2.71. The molecule has 28 heavy (non-hydrogen) atoms. The highest BCUT2D eigenvalue weighted by Crippen LogP contribution is 2.21. The summed E-state index contributed by atoms with van der Waals surface area (Å²) in [6.07, 6.45) is 5.36. The van der Waals surface area contributed by atoms with Crippen LogP contribution >= 0.6 is 11.3 Å². The molecule has 144 valence electrons. The lowest BCUT2D eigenvalue weighted by Crippen LogP contribution is -2.44. The molecule has 1 aliphatic heterocycles. The van der Waals surface area contributed by atoms with Crippen LogP contribution in [-0.4, -0.2) is 39.9 Å². The van der Waals surface area contributed by atoms with Crippen LogP contribution in [0.4, 0.5) is 10.8 Å². The molecule has 3 heterocycles. The maximum Gasteiger partial charge on any atom is 0.271 e. The Hall–Kier alpha value is -2.77. The number of carbonyl (C=O) groups is 1.